The van der Waals surface area contributed by atoms with Crippen LogP contribution in [0.1, 0.15) is 30.7 Å². The minimum atomic E-state index is 0.251. The van der Waals surface area contributed by atoms with Crippen LogP contribution in [0.3, 0.4) is 0 Å². The Morgan fingerprint density at radius 2 is 2.17 bits per heavy atom. The molecule has 2 aromatic rings. The first-order chi connectivity index (χ1) is 8.74. The molecule has 2 aromatic heterocycles. The fraction of sp³-hybridized carbons (Fsp3) is 0.538. The van der Waals surface area contributed by atoms with Gasteiger partial charge in [-0.25, -0.2) is 4.98 Å². The summed E-state index contributed by atoms with van der Waals surface area (Å²) in [4.78, 5) is 19.6. The molecule has 0 N–H and O–H groups in total. The van der Waals surface area contributed by atoms with Gasteiger partial charge in [0.2, 0.25) is 5.91 Å². The Hall–Kier alpha value is -1.36. The lowest BCUT2D eigenvalue weighted by atomic mass is 10.1. The van der Waals surface area contributed by atoms with Crippen molar-refractivity contribution in [2.45, 2.75) is 32.6 Å². The molecule has 0 unspecified atom stereocenters. The zero-order chi connectivity index (χ0) is 12.5. The van der Waals surface area contributed by atoms with Crippen LogP contribution >= 0.6 is 11.3 Å². The van der Waals surface area contributed by atoms with Crippen LogP contribution in [0.25, 0.3) is 4.96 Å². The number of carbonyl (C=O) groups excluding carboxylic acids is 1. The van der Waals surface area contributed by atoms with Crippen molar-refractivity contribution < 1.29 is 4.79 Å². The van der Waals surface area contributed by atoms with Crippen LogP contribution in [-0.2, 0) is 11.2 Å². The van der Waals surface area contributed by atoms with Gasteiger partial charge in [-0.1, -0.05) is 0 Å². The number of aryl methyl sites for hydroxylation is 1. The van der Waals surface area contributed by atoms with Gasteiger partial charge < -0.3 is 4.90 Å². The summed E-state index contributed by atoms with van der Waals surface area (Å²) >= 11 is 1.60. The average Bonchev–Trinajstić information content (AvgIpc) is 2.91. The van der Waals surface area contributed by atoms with E-state index in [2.05, 4.69) is 4.98 Å². The maximum Gasteiger partial charge on any atom is 0.228 e. The fourth-order valence-corrected chi connectivity index (χ4v) is 3.40. The van der Waals surface area contributed by atoms with Crippen LogP contribution in [-0.4, -0.2) is 33.3 Å². The highest BCUT2D eigenvalue weighted by atomic mass is 32.1. The number of likely N-dealkylation sites (tertiary alicyclic amines) is 1. The molecule has 1 saturated heterocycles. The fourth-order valence-electron chi connectivity index (χ4n) is 2.48. The van der Waals surface area contributed by atoms with E-state index >= 15 is 0 Å². The van der Waals surface area contributed by atoms with E-state index < -0.39 is 0 Å². The van der Waals surface area contributed by atoms with Crippen LogP contribution in [0.4, 0.5) is 0 Å². The number of rotatable bonds is 2. The Labute approximate surface area is 110 Å². The summed E-state index contributed by atoms with van der Waals surface area (Å²) in [5.41, 5.74) is 2.07. The number of hydrogen-bond acceptors (Lipinski definition) is 3. The lowest BCUT2D eigenvalue weighted by Crippen LogP contribution is -2.36. The van der Waals surface area contributed by atoms with E-state index in [1.54, 1.807) is 11.3 Å². The second-order valence-electron chi connectivity index (χ2n) is 4.88. The Kier molecular flexibility index (Phi) is 3.07. The van der Waals surface area contributed by atoms with Crippen LogP contribution < -0.4 is 0 Å². The monoisotopic (exact) mass is 263 g/mol. The zero-order valence-corrected chi connectivity index (χ0v) is 11.4. The summed E-state index contributed by atoms with van der Waals surface area (Å²) in [6.45, 7) is 3.83. The largest absolute Gasteiger partial charge is 0.342 e. The van der Waals surface area contributed by atoms with Crippen LogP contribution in [0, 0.1) is 6.92 Å². The van der Waals surface area contributed by atoms with E-state index in [0.717, 1.165) is 42.3 Å². The van der Waals surface area contributed by atoms with Gasteiger partial charge in [0.05, 0.1) is 12.1 Å². The Balaban J connectivity index is 1.76. The molecule has 0 saturated carbocycles. The minimum Gasteiger partial charge on any atom is -0.342 e. The molecule has 0 aromatic carbocycles. The summed E-state index contributed by atoms with van der Waals surface area (Å²) < 4.78 is 2.04. The molecule has 0 atom stereocenters. The number of nitrogens with zero attached hydrogens (tertiary/aromatic N) is 3. The van der Waals surface area contributed by atoms with Gasteiger partial charge in [0.25, 0.3) is 0 Å². The van der Waals surface area contributed by atoms with Crippen LogP contribution in [0.2, 0.25) is 0 Å². The molecule has 18 heavy (non-hydrogen) atoms. The van der Waals surface area contributed by atoms with Gasteiger partial charge in [0.15, 0.2) is 4.96 Å². The van der Waals surface area contributed by atoms with Crippen molar-refractivity contribution >= 4 is 22.2 Å². The first-order valence-electron chi connectivity index (χ1n) is 6.44. The molecule has 5 heteroatoms. The molecule has 0 bridgehead atoms. The molecule has 1 fully saturated rings. The molecule has 0 aliphatic carbocycles. The lowest BCUT2D eigenvalue weighted by Gasteiger charge is -2.26. The van der Waals surface area contributed by atoms with Crippen molar-refractivity contribution in [1.82, 2.24) is 14.3 Å². The molecule has 96 valence electrons. The third-order valence-electron chi connectivity index (χ3n) is 3.44. The lowest BCUT2D eigenvalue weighted by molar-refractivity contribution is -0.131. The third-order valence-corrected chi connectivity index (χ3v) is 4.33. The summed E-state index contributed by atoms with van der Waals surface area (Å²) in [6.07, 6.45) is 6.05. The van der Waals surface area contributed by atoms with Gasteiger partial charge in [0, 0.05) is 30.4 Å². The normalized spacial score (nSPS) is 16.4. The van der Waals surface area contributed by atoms with E-state index in [9.17, 15) is 4.79 Å². The van der Waals surface area contributed by atoms with Crippen molar-refractivity contribution in [3.63, 3.8) is 0 Å². The number of imidazole rings is 1. The molecular weight excluding hydrogens is 246 g/mol. The van der Waals surface area contributed by atoms with Crippen molar-refractivity contribution in [2.75, 3.05) is 13.1 Å². The Morgan fingerprint density at radius 1 is 1.39 bits per heavy atom. The number of amides is 1. The summed E-state index contributed by atoms with van der Waals surface area (Å²) in [7, 11) is 0. The predicted molar refractivity (Wildman–Crippen MR) is 71.9 cm³/mol. The molecule has 0 radical (unpaired) electrons. The smallest absolute Gasteiger partial charge is 0.228 e. The maximum atomic E-state index is 12.2. The highest BCUT2D eigenvalue weighted by Crippen LogP contribution is 2.18. The highest BCUT2D eigenvalue weighted by Gasteiger charge is 2.18. The van der Waals surface area contributed by atoms with Gasteiger partial charge in [0.1, 0.15) is 0 Å². The number of fused-ring (bicyclic) bond motifs is 1. The molecule has 3 rings (SSSR count). The zero-order valence-electron chi connectivity index (χ0n) is 10.6. The van der Waals surface area contributed by atoms with Gasteiger partial charge in [-0.05, 0) is 26.2 Å². The van der Waals surface area contributed by atoms with E-state index in [0.29, 0.717) is 6.42 Å². The molecule has 1 amide bonds. The molecule has 4 nitrogen and oxygen atoms in total. The van der Waals surface area contributed by atoms with E-state index in [1.165, 1.54) is 6.42 Å². The number of carbonyl (C=O) groups is 1. The topological polar surface area (TPSA) is 37.6 Å². The van der Waals surface area contributed by atoms with E-state index in [1.807, 2.05) is 27.8 Å². The van der Waals surface area contributed by atoms with Crippen molar-refractivity contribution in [3.05, 3.63) is 23.0 Å². The van der Waals surface area contributed by atoms with Gasteiger partial charge in [-0.3, -0.25) is 9.20 Å². The van der Waals surface area contributed by atoms with Gasteiger partial charge in [-0.15, -0.1) is 11.3 Å². The first-order valence-corrected chi connectivity index (χ1v) is 7.32. The minimum absolute atomic E-state index is 0.251. The summed E-state index contributed by atoms with van der Waals surface area (Å²) in [6, 6.07) is 0. The second kappa shape index (κ2) is 4.72. The highest BCUT2D eigenvalue weighted by molar-refractivity contribution is 7.15. The molecule has 0 spiro atoms. The molecule has 1 aliphatic heterocycles. The first kappa shape index (κ1) is 11.7. The Bertz CT molecular complexity index is 566. The van der Waals surface area contributed by atoms with E-state index in [-0.39, 0.29) is 5.91 Å². The number of thiazole rings is 1. The molecule has 3 heterocycles. The number of aromatic nitrogens is 2. The second-order valence-corrected chi connectivity index (χ2v) is 5.72. The van der Waals surface area contributed by atoms with E-state index in [4.69, 9.17) is 0 Å². The van der Waals surface area contributed by atoms with Crippen LogP contribution in [0.15, 0.2) is 11.6 Å². The van der Waals surface area contributed by atoms with Crippen molar-refractivity contribution in [3.8, 4) is 0 Å². The SMILES string of the molecule is Cc1cn2c(CC(=O)N3CCCCC3)csc2n1. The van der Waals surface area contributed by atoms with Crippen molar-refractivity contribution in [1.29, 1.82) is 0 Å². The summed E-state index contributed by atoms with van der Waals surface area (Å²) in [5, 5.41) is 2.05. The maximum absolute atomic E-state index is 12.2. The standard InChI is InChI=1S/C13H17N3OS/c1-10-8-16-11(9-18-13(16)14-10)7-12(17)15-5-3-2-4-6-15/h8-9H,2-7H2,1H3. The molecule has 1 aliphatic rings. The number of hydrogen-bond donors (Lipinski definition) is 0. The average molecular weight is 263 g/mol. The van der Waals surface area contributed by atoms with Crippen molar-refractivity contribution in [2.24, 2.45) is 0 Å². The summed E-state index contributed by atoms with van der Waals surface area (Å²) in [5.74, 6) is 0.251. The predicted octanol–water partition coefficient (Wildman–Crippen LogP) is 2.26. The Morgan fingerprint density at radius 3 is 2.94 bits per heavy atom. The van der Waals surface area contributed by atoms with Gasteiger partial charge in [-0.2, -0.15) is 0 Å². The quantitative estimate of drug-likeness (QED) is 0.833. The van der Waals surface area contributed by atoms with Gasteiger partial charge >= 0.3 is 0 Å². The number of piperidine rings is 1. The van der Waals surface area contributed by atoms with Crippen LogP contribution in [0.5, 0.6) is 0 Å². The molecular formula is C13H17N3OS. The third kappa shape index (κ3) is 2.14.